The summed E-state index contributed by atoms with van der Waals surface area (Å²) in [7, 11) is 1.68. The van der Waals surface area contributed by atoms with Gasteiger partial charge in [0.1, 0.15) is 5.75 Å². The fourth-order valence-electron chi connectivity index (χ4n) is 2.00. The van der Waals surface area contributed by atoms with Gasteiger partial charge in [0.25, 0.3) is 0 Å². The average molecular weight is 275 g/mol. The maximum atomic E-state index is 5.68. The molecule has 2 rings (SSSR count). The van der Waals surface area contributed by atoms with Gasteiger partial charge in [0.05, 0.1) is 24.6 Å². The lowest BCUT2D eigenvalue weighted by molar-refractivity contribution is 0.210. The highest BCUT2D eigenvalue weighted by molar-refractivity contribution is 5.52. The lowest BCUT2D eigenvalue weighted by Gasteiger charge is -2.13. The summed E-state index contributed by atoms with van der Waals surface area (Å²) >= 11 is 0. The monoisotopic (exact) mass is 275 g/mol. The summed E-state index contributed by atoms with van der Waals surface area (Å²) in [5, 5.41) is 3.27. The first kappa shape index (κ1) is 14.4. The summed E-state index contributed by atoms with van der Waals surface area (Å²) in [6, 6.07) is 7.95. The molecule has 0 unspecified atom stereocenters. The Labute approximate surface area is 119 Å². The Balaban J connectivity index is 2.32. The lowest BCUT2D eigenvalue weighted by Crippen LogP contribution is -2.12. The van der Waals surface area contributed by atoms with E-state index in [2.05, 4.69) is 10.3 Å². The van der Waals surface area contributed by atoms with E-state index >= 15 is 0 Å². The molecule has 0 radical (unpaired) electrons. The largest absolute Gasteiger partial charge is 0.492 e. The van der Waals surface area contributed by atoms with Crippen molar-refractivity contribution in [2.75, 3.05) is 32.2 Å². The van der Waals surface area contributed by atoms with E-state index in [-0.39, 0.29) is 0 Å². The van der Waals surface area contributed by atoms with Crippen molar-refractivity contribution in [3.8, 4) is 11.4 Å². The SMILES string of the molecule is CCOc1ccccc1-n1cc(C)nc1NCCOC. The molecule has 0 saturated carbocycles. The molecule has 0 fully saturated rings. The molecule has 0 aliphatic heterocycles. The minimum absolute atomic E-state index is 0.636. The van der Waals surface area contributed by atoms with Gasteiger partial charge in [0.2, 0.25) is 5.95 Å². The van der Waals surface area contributed by atoms with Crippen molar-refractivity contribution in [1.29, 1.82) is 0 Å². The summed E-state index contributed by atoms with van der Waals surface area (Å²) in [5.74, 6) is 1.65. The quantitative estimate of drug-likeness (QED) is 0.789. The summed E-state index contributed by atoms with van der Waals surface area (Å²) < 4.78 is 12.7. The van der Waals surface area contributed by atoms with Gasteiger partial charge in [0, 0.05) is 19.9 Å². The van der Waals surface area contributed by atoms with Crippen LogP contribution >= 0.6 is 0 Å². The molecule has 1 N–H and O–H groups in total. The zero-order valence-corrected chi connectivity index (χ0v) is 12.2. The molecule has 0 bridgehead atoms. The number of nitrogens with zero attached hydrogens (tertiary/aromatic N) is 2. The number of anilines is 1. The van der Waals surface area contributed by atoms with Crippen molar-refractivity contribution in [2.45, 2.75) is 13.8 Å². The van der Waals surface area contributed by atoms with Crippen LogP contribution in [0.4, 0.5) is 5.95 Å². The number of hydrogen-bond acceptors (Lipinski definition) is 4. The predicted molar refractivity (Wildman–Crippen MR) is 79.8 cm³/mol. The van der Waals surface area contributed by atoms with Crippen molar-refractivity contribution in [1.82, 2.24) is 9.55 Å². The Morgan fingerprint density at radius 2 is 2.10 bits per heavy atom. The van der Waals surface area contributed by atoms with Crippen molar-refractivity contribution >= 4 is 5.95 Å². The maximum Gasteiger partial charge on any atom is 0.207 e. The van der Waals surface area contributed by atoms with Crippen molar-refractivity contribution < 1.29 is 9.47 Å². The highest BCUT2D eigenvalue weighted by atomic mass is 16.5. The minimum atomic E-state index is 0.636. The fourth-order valence-corrected chi connectivity index (χ4v) is 2.00. The first-order valence-corrected chi connectivity index (χ1v) is 6.77. The Morgan fingerprint density at radius 3 is 2.85 bits per heavy atom. The standard InChI is InChI=1S/C15H21N3O2/c1-4-20-14-8-6-5-7-13(14)18-11-12(2)17-15(18)16-9-10-19-3/h5-8,11H,4,9-10H2,1-3H3,(H,16,17). The molecule has 5 heteroatoms. The van der Waals surface area contributed by atoms with Crippen LogP contribution in [-0.4, -0.2) is 36.4 Å². The van der Waals surface area contributed by atoms with Gasteiger partial charge in [-0.05, 0) is 26.0 Å². The number of benzene rings is 1. The Morgan fingerprint density at radius 1 is 1.30 bits per heavy atom. The van der Waals surface area contributed by atoms with E-state index in [1.807, 2.05) is 48.9 Å². The number of imidazole rings is 1. The minimum Gasteiger partial charge on any atom is -0.492 e. The molecule has 0 saturated heterocycles. The first-order chi connectivity index (χ1) is 9.76. The third-order valence-electron chi connectivity index (χ3n) is 2.84. The number of hydrogen-bond donors (Lipinski definition) is 1. The van der Waals surface area contributed by atoms with Crippen LogP contribution in [0.2, 0.25) is 0 Å². The van der Waals surface area contributed by atoms with Crippen molar-refractivity contribution in [3.63, 3.8) is 0 Å². The Bertz CT molecular complexity index is 552. The van der Waals surface area contributed by atoms with E-state index in [0.29, 0.717) is 19.8 Å². The zero-order chi connectivity index (χ0) is 14.4. The summed E-state index contributed by atoms with van der Waals surface area (Å²) in [5.41, 5.74) is 1.94. The number of rotatable bonds is 7. The van der Waals surface area contributed by atoms with Crippen LogP contribution in [0.5, 0.6) is 5.75 Å². The normalized spacial score (nSPS) is 10.6. The van der Waals surface area contributed by atoms with E-state index < -0.39 is 0 Å². The predicted octanol–water partition coefficient (Wildman–Crippen LogP) is 2.64. The molecule has 108 valence electrons. The molecule has 20 heavy (non-hydrogen) atoms. The second-order valence-electron chi connectivity index (χ2n) is 4.40. The fraction of sp³-hybridized carbons (Fsp3) is 0.400. The lowest BCUT2D eigenvalue weighted by atomic mass is 10.3. The molecule has 1 aromatic carbocycles. The number of para-hydroxylation sites is 2. The van der Waals surface area contributed by atoms with E-state index in [9.17, 15) is 0 Å². The van der Waals surface area contributed by atoms with Gasteiger partial charge in [-0.2, -0.15) is 0 Å². The molecule has 0 amide bonds. The van der Waals surface area contributed by atoms with Gasteiger partial charge in [-0.15, -0.1) is 0 Å². The summed E-state index contributed by atoms with van der Waals surface area (Å²) in [6.07, 6.45) is 1.99. The number of methoxy groups -OCH3 is 1. The molecule has 0 spiro atoms. The van der Waals surface area contributed by atoms with E-state index in [1.165, 1.54) is 0 Å². The molecule has 0 atom stereocenters. The molecule has 1 heterocycles. The second kappa shape index (κ2) is 6.96. The molecule has 5 nitrogen and oxygen atoms in total. The maximum absolute atomic E-state index is 5.68. The van der Waals surface area contributed by atoms with Crippen LogP contribution < -0.4 is 10.1 Å². The zero-order valence-electron chi connectivity index (χ0n) is 12.2. The van der Waals surface area contributed by atoms with Gasteiger partial charge in [0.15, 0.2) is 0 Å². The van der Waals surface area contributed by atoms with Crippen LogP contribution in [0.15, 0.2) is 30.5 Å². The third-order valence-corrected chi connectivity index (χ3v) is 2.84. The van der Waals surface area contributed by atoms with Gasteiger partial charge in [-0.25, -0.2) is 4.98 Å². The number of nitrogens with one attached hydrogen (secondary N) is 1. The molecule has 2 aromatic rings. The van der Waals surface area contributed by atoms with Crippen LogP contribution in [0.25, 0.3) is 5.69 Å². The second-order valence-corrected chi connectivity index (χ2v) is 4.40. The molecular formula is C15H21N3O2. The Kier molecular flexibility index (Phi) is 5.01. The number of ether oxygens (including phenoxy) is 2. The Hall–Kier alpha value is -2.01. The first-order valence-electron chi connectivity index (χ1n) is 6.77. The van der Waals surface area contributed by atoms with Crippen molar-refractivity contribution in [3.05, 3.63) is 36.2 Å². The number of aryl methyl sites for hydroxylation is 1. The topological polar surface area (TPSA) is 48.3 Å². The van der Waals surface area contributed by atoms with E-state index in [1.54, 1.807) is 7.11 Å². The highest BCUT2D eigenvalue weighted by Gasteiger charge is 2.11. The van der Waals surface area contributed by atoms with Crippen LogP contribution in [0.1, 0.15) is 12.6 Å². The number of aromatic nitrogens is 2. The molecule has 0 aliphatic carbocycles. The van der Waals surface area contributed by atoms with E-state index in [0.717, 1.165) is 23.1 Å². The summed E-state index contributed by atoms with van der Waals surface area (Å²) in [6.45, 7) is 5.94. The van der Waals surface area contributed by atoms with Gasteiger partial charge >= 0.3 is 0 Å². The molecule has 1 aromatic heterocycles. The molecule has 0 aliphatic rings. The van der Waals surface area contributed by atoms with Crippen molar-refractivity contribution in [2.24, 2.45) is 0 Å². The van der Waals surface area contributed by atoms with Gasteiger partial charge < -0.3 is 14.8 Å². The smallest absolute Gasteiger partial charge is 0.207 e. The third kappa shape index (κ3) is 3.30. The van der Waals surface area contributed by atoms with Crippen LogP contribution in [0, 0.1) is 6.92 Å². The average Bonchev–Trinajstić information content (AvgIpc) is 2.81. The van der Waals surface area contributed by atoms with Gasteiger partial charge in [-0.1, -0.05) is 12.1 Å². The summed E-state index contributed by atoms with van der Waals surface area (Å²) in [4.78, 5) is 4.50. The van der Waals surface area contributed by atoms with Gasteiger partial charge in [-0.3, -0.25) is 4.57 Å². The van der Waals surface area contributed by atoms with E-state index in [4.69, 9.17) is 9.47 Å². The van der Waals surface area contributed by atoms with Crippen LogP contribution in [-0.2, 0) is 4.74 Å². The highest BCUT2D eigenvalue weighted by Crippen LogP contribution is 2.26. The molecular weight excluding hydrogens is 254 g/mol. The van der Waals surface area contributed by atoms with Crippen LogP contribution in [0.3, 0.4) is 0 Å².